The van der Waals surface area contributed by atoms with Crippen LogP contribution in [0.1, 0.15) is 12.0 Å². The first-order valence-electron chi connectivity index (χ1n) is 7.13. The average Bonchev–Trinajstić information content (AvgIpc) is 2.94. The van der Waals surface area contributed by atoms with E-state index in [1.54, 1.807) is 24.1 Å². The van der Waals surface area contributed by atoms with Gasteiger partial charge in [-0.15, -0.1) is 0 Å². The second-order valence-corrected chi connectivity index (χ2v) is 6.05. The summed E-state index contributed by atoms with van der Waals surface area (Å²) in [5.41, 5.74) is 1.39. The standard InChI is InChI=1S/C15H20Cl2N2O3/c1-10-7-13(17)14(8-12(10)16)18-15(20)19-4-3-11(9-19)22-6-5-21-2/h7-8,11H,3-6,9H2,1-2H3,(H,18,20). The number of methoxy groups -OCH3 is 1. The van der Waals surface area contributed by atoms with Gasteiger partial charge in [-0.25, -0.2) is 4.79 Å². The summed E-state index contributed by atoms with van der Waals surface area (Å²) in [4.78, 5) is 14.0. The Labute approximate surface area is 140 Å². The first kappa shape index (κ1) is 17.3. The molecule has 1 fully saturated rings. The maximum absolute atomic E-state index is 12.3. The number of nitrogens with one attached hydrogen (secondary N) is 1. The number of rotatable bonds is 5. The summed E-state index contributed by atoms with van der Waals surface area (Å²) < 4.78 is 10.6. The number of urea groups is 1. The van der Waals surface area contributed by atoms with Gasteiger partial charge in [-0.05, 0) is 31.0 Å². The summed E-state index contributed by atoms with van der Waals surface area (Å²) in [6.45, 7) is 4.17. The molecular weight excluding hydrogens is 327 g/mol. The Morgan fingerprint density at radius 2 is 2.14 bits per heavy atom. The van der Waals surface area contributed by atoms with E-state index in [9.17, 15) is 4.79 Å². The van der Waals surface area contributed by atoms with Gasteiger partial charge in [0.1, 0.15) is 0 Å². The molecule has 7 heteroatoms. The molecule has 0 spiro atoms. The Kier molecular flexibility index (Phi) is 6.32. The van der Waals surface area contributed by atoms with Crippen LogP contribution in [0.25, 0.3) is 0 Å². The number of hydrogen-bond donors (Lipinski definition) is 1. The molecule has 1 atom stereocenters. The van der Waals surface area contributed by atoms with Gasteiger partial charge in [0.25, 0.3) is 0 Å². The van der Waals surface area contributed by atoms with E-state index in [0.29, 0.717) is 42.0 Å². The molecule has 122 valence electrons. The van der Waals surface area contributed by atoms with Crippen molar-refractivity contribution in [1.29, 1.82) is 0 Å². The summed E-state index contributed by atoms with van der Waals surface area (Å²) >= 11 is 12.2. The lowest BCUT2D eigenvalue weighted by molar-refractivity contribution is 0.0239. The van der Waals surface area contributed by atoms with E-state index in [2.05, 4.69) is 5.32 Å². The molecule has 1 aromatic carbocycles. The predicted molar refractivity (Wildman–Crippen MR) is 88.0 cm³/mol. The normalized spacial score (nSPS) is 17.8. The maximum Gasteiger partial charge on any atom is 0.321 e. The number of carbonyl (C=O) groups excluding carboxylic acids is 1. The van der Waals surface area contributed by atoms with Gasteiger partial charge < -0.3 is 19.7 Å². The molecule has 1 heterocycles. The zero-order valence-corrected chi connectivity index (χ0v) is 14.2. The van der Waals surface area contributed by atoms with Crippen molar-refractivity contribution in [3.05, 3.63) is 27.7 Å². The number of carbonyl (C=O) groups is 1. The van der Waals surface area contributed by atoms with Gasteiger partial charge in [-0.2, -0.15) is 0 Å². The van der Waals surface area contributed by atoms with Crippen molar-refractivity contribution in [2.75, 3.05) is 38.7 Å². The Balaban J connectivity index is 1.89. The molecule has 1 aliphatic rings. The van der Waals surface area contributed by atoms with E-state index >= 15 is 0 Å². The highest BCUT2D eigenvalue weighted by atomic mass is 35.5. The Hall–Kier alpha value is -1.01. The first-order valence-corrected chi connectivity index (χ1v) is 7.89. The number of benzene rings is 1. The van der Waals surface area contributed by atoms with E-state index in [4.69, 9.17) is 32.7 Å². The van der Waals surface area contributed by atoms with Crippen molar-refractivity contribution in [3.8, 4) is 0 Å². The summed E-state index contributed by atoms with van der Waals surface area (Å²) in [6, 6.07) is 3.21. The number of nitrogens with zero attached hydrogens (tertiary/aromatic N) is 1. The van der Waals surface area contributed by atoms with Crippen LogP contribution in [0.3, 0.4) is 0 Å². The van der Waals surface area contributed by atoms with Crippen LogP contribution < -0.4 is 5.32 Å². The van der Waals surface area contributed by atoms with Crippen LogP contribution in [0.2, 0.25) is 10.0 Å². The number of amides is 2. The highest BCUT2D eigenvalue weighted by Crippen LogP contribution is 2.29. The number of aryl methyl sites for hydroxylation is 1. The molecule has 1 saturated heterocycles. The topological polar surface area (TPSA) is 50.8 Å². The smallest absolute Gasteiger partial charge is 0.321 e. The van der Waals surface area contributed by atoms with Gasteiger partial charge in [0, 0.05) is 25.2 Å². The Morgan fingerprint density at radius 1 is 1.36 bits per heavy atom. The third kappa shape index (κ3) is 4.49. The first-order chi connectivity index (χ1) is 10.5. The largest absolute Gasteiger partial charge is 0.382 e. The second kappa shape index (κ2) is 8.02. The van der Waals surface area contributed by atoms with Gasteiger partial charge >= 0.3 is 6.03 Å². The highest BCUT2D eigenvalue weighted by molar-refractivity contribution is 6.36. The van der Waals surface area contributed by atoms with Crippen LogP contribution in [0, 0.1) is 6.92 Å². The number of likely N-dealkylation sites (tertiary alicyclic amines) is 1. The van der Waals surface area contributed by atoms with Crippen LogP contribution in [0.5, 0.6) is 0 Å². The number of anilines is 1. The van der Waals surface area contributed by atoms with Crippen molar-refractivity contribution < 1.29 is 14.3 Å². The van der Waals surface area contributed by atoms with Crippen molar-refractivity contribution in [2.24, 2.45) is 0 Å². The van der Waals surface area contributed by atoms with Crippen LogP contribution in [-0.2, 0) is 9.47 Å². The molecule has 0 aliphatic carbocycles. The highest BCUT2D eigenvalue weighted by Gasteiger charge is 2.27. The molecule has 0 saturated carbocycles. The maximum atomic E-state index is 12.3. The molecule has 22 heavy (non-hydrogen) atoms. The minimum absolute atomic E-state index is 0.0537. The van der Waals surface area contributed by atoms with E-state index in [0.717, 1.165) is 12.0 Å². The minimum Gasteiger partial charge on any atom is -0.382 e. The summed E-state index contributed by atoms with van der Waals surface area (Å²) in [7, 11) is 1.63. The lowest BCUT2D eigenvalue weighted by atomic mass is 10.2. The van der Waals surface area contributed by atoms with Crippen molar-refractivity contribution >= 4 is 34.9 Å². The van der Waals surface area contributed by atoms with Crippen LogP contribution in [0.4, 0.5) is 10.5 Å². The third-order valence-electron chi connectivity index (χ3n) is 3.56. The quantitative estimate of drug-likeness (QED) is 0.829. The van der Waals surface area contributed by atoms with Crippen molar-refractivity contribution in [2.45, 2.75) is 19.4 Å². The summed E-state index contributed by atoms with van der Waals surface area (Å²) in [5, 5.41) is 3.84. The summed E-state index contributed by atoms with van der Waals surface area (Å²) in [5.74, 6) is 0. The Bertz CT molecular complexity index is 540. The molecule has 1 N–H and O–H groups in total. The summed E-state index contributed by atoms with van der Waals surface area (Å²) in [6.07, 6.45) is 0.873. The monoisotopic (exact) mass is 346 g/mol. The van der Waals surface area contributed by atoms with Crippen LogP contribution in [0.15, 0.2) is 12.1 Å². The van der Waals surface area contributed by atoms with E-state index in [1.165, 1.54) is 0 Å². The van der Waals surface area contributed by atoms with Crippen molar-refractivity contribution in [1.82, 2.24) is 4.90 Å². The minimum atomic E-state index is -0.195. The molecule has 1 aliphatic heterocycles. The van der Waals surface area contributed by atoms with Crippen LogP contribution >= 0.6 is 23.2 Å². The van der Waals surface area contributed by atoms with Gasteiger partial charge in [0.05, 0.1) is 30.0 Å². The second-order valence-electron chi connectivity index (χ2n) is 5.23. The SMILES string of the molecule is COCCOC1CCN(C(=O)Nc2cc(Cl)c(C)cc2Cl)C1. The van der Waals surface area contributed by atoms with Gasteiger partial charge in [-0.3, -0.25) is 0 Å². The molecule has 2 amide bonds. The average molecular weight is 347 g/mol. The zero-order chi connectivity index (χ0) is 16.1. The molecule has 5 nitrogen and oxygen atoms in total. The molecule has 0 radical (unpaired) electrons. The lowest BCUT2D eigenvalue weighted by Crippen LogP contribution is -2.34. The van der Waals surface area contributed by atoms with Crippen LogP contribution in [-0.4, -0.2) is 50.4 Å². The zero-order valence-electron chi connectivity index (χ0n) is 12.7. The lowest BCUT2D eigenvalue weighted by Gasteiger charge is -2.18. The molecule has 1 aromatic rings. The fraction of sp³-hybridized carbons (Fsp3) is 0.533. The predicted octanol–water partition coefficient (Wildman–Crippen LogP) is 3.57. The van der Waals surface area contributed by atoms with E-state index in [-0.39, 0.29) is 12.1 Å². The fourth-order valence-electron chi connectivity index (χ4n) is 2.28. The van der Waals surface area contributed by atoms with Gasteiger partial charge in [0.2, 0.25) is 0 Å². The van der Waals surface area contributed by atoms with E-state index in [1.807, 2.05) is 6.92 Å². The third-order valence-corrected chi connectivity index (χ3v) is 4.28. The van der Waals surface area contributed by atoms with Gasteiger partial charge in [-0.1, -0.05) is 23.2 Å². The molecule has 0 aromatic heterocycles. The van der Waals surface area contributed by atoms with E-state index < -0.39 is 0 Å². The molecular formula is C15H20Cl2N2O3. The fourth-order valence-corrected chi connectivity index (χ4v) is 2.71. The van der Waals surface area contributed by atoms with Crippen molar-refractivity contribution in [3.63, 3.8) is 0 Å². The Morgan fingerprint density at radius 3 is 2.86 bits per heavy atom. The number of hydrogen-bond acceptors (Lipinski definition) is 3. The van der Waals surface area contributed by atoms with Gasteiger partial charge in [0.15, 0.2) is 0 Å². The number of halogens is 2. The molecule has 1 unspecified atom stereocenters. The number of ether oxygens (including phenoxy) is 2. The molecule has 0 bridgehead atoms. The molecule has 2 rings (SSSR count).